The molecule has 0 amide bonds. The molecule has 3 N–H and O–H groups in total. The first-order valence-corrected chi connectivity index (χ1v) is 45.2. The van der Waals surface area contributed by atoms with Gasteiger partial charge in [0, 0.05) is 25.7 Å². The Labute approximate surface area is 613 Å². The lowest BCUT2D eigenvalue weighted by molar-refractivity contribution is -0.161. The largest absolute Gasteiger partial charge is 0.472 e. The lowest BCUT2D eigenvalue weighted by Gasteiger charge is -2.21. The van der Waals surface area contributed by atoms with E-state index in [1.807, 2.05) is 0 Å². The van der Waals surface area contributed by atoms with Gasteiger partial charge in [-0.3, -0.25) is 37.3 Å². The highest BCUT2D eigenvalue weighted by molar-refractivity contribution is 7.47. The molecular formula is C81H158O17P2. The predicted octanol–water partition coefficient (Wildman–Crippen LogP) is 24.4. The highest BCUT2D eigenvalue weighted by Crippen LogP contribution is 2.45. The van der Waals surface area contributed by atoms with E-state index >= 15 is 0 Å². The van der Waals surface area contributed by atoms with Gasteiger partial charge in [0.05, 0.1) is 26.4 Å². The Balaban J connectivity index is 5.25. The number of unbranched alkanes of at least 4 members (excludes halogenated alkanes) is 52. The molecule has 0 bridgehead atoms. The summed E-state index contributed by atoms with van der Waals surface area (Å²) in [6.45, 7) is 7.36. The summed E-state index contributed by atoms with van der Waals surface area (Å²) in [5.41, 5.74) is 0. The molecule has 0 spiro atoms. The van der Waals surface area contributed by atoms with E-state index in [2.05, 4.69) is 34.6 Å². The Hall–Kier alpha value is -1.94. The van der Waals surface area contributed by atoms with E-state index in [-0.39, 0.29) is 25.7 Å². The maximum absolute atomic E-state index is 13.1. The van der Waals surface area contributed by atoms with Crippen molar-refractivity contribution in [1.82, 2.24) is 0 Å². The quantitative estimate of drug-likeness (QED) is 0.0222. The maximum Gasteiger partial charge on any atom is 0.472 e. The molecule has 100 heavy (non-hydrogen) atoms. The fourth-order valence-electron chi connectivity index (χ4n) is 12.6. The summed E-state index contributed by atoms with van der Waals surface area (Å²) in [5.74, 6) is -1.30. The molecule has 3 unspecified atom stereocenters. The molecule has 19 heteroatoms. The molecule has 0 aliphatic heterocycles. The summed E-state index contributed by atoms with van der Waals surface area (Å²) < 4.78 is 68.7. The van der Waals surface area contributed by atoms with Gasteiger partial charge < -0.3 is 33.8 Å². The third-order valence-electron chi connectivity index (χ3n) is 19.4. The number of aliphatic hydroxyl groups excluding tert-OH is 1. The van der Waals surface area contributed by atoms with Crippen molar-refractivity contribution in [3.8, 4) is 0 Å². The van der Waals surface area contributed by atoms with Crippen LogP contribution < -0.4 is 0 Å². The molecule has 17 nitrogen and oxygen atoms in total. The number of phosphoric ester groups is 2. The number of ether oxygens (including phenoxy) is 4. The number of rotatable bonds is 81. The van der Waals surface area contributed by atoms with Crippen LogP contribution in [0.3, 0.4) is 0 Å². The topological polar surface area (TPSA) is 237 Å². The molecule has 0 aromatic carbocycles. The molecule has 0 aliphatic carbocycles. The summed E-state index contributed by atoms with van der Waals surface area (Å²) in [4.78, 5) is 73.0. The van der Waals surface area contributed by atoms with Gasteiger partial charge in [0.15, 0.2) is 12.2 Å². The first-order chi connectivity index (χ1) is 48.6. The number of phosphoric acid groups is 2. The minimum absolute atomic E-state index is 0.107. The zero-order valence-electron chi connectivity index (χ0n) is 65.3. The van der Waals surface area contributed by atoms with Gasteiger partial charge in [-0.2, -0.15) is 0 Å². The van der Waals surface area contributed by atoms with E-state index in [4.69, 9.17) is 37.0 Å². The molecule has 0 radical (unpaired) electrons. The van der Waals surface area contributed by atoms with Crippen LogP contribution in [0.5, 0.6) is 0 Å². The fraction of sp³-hybridized carbons (Fsp3) is 0.951. The Morgan fingerprint density at radius 2 is 0.480 bits per heavy atom. The van der Waals surface area contributed by atoms with E-state index in [0.717, 1.165) is 95.8 Å². The number of hydrogen-bond donors (Lipinski definition) is 3. The minimum atomic E-state index is -4.96. The summed E-state index contributed by atoms with van der Waals surface area (Å²) >= 11 is 0. The minimum Gasteiger partial charge on any atom is -0.462 e. The Morgan fingerprint density at radius 1 is 0.280 bits per heavy atom. The van der Waals surface area contributed by atoms with Crippen molar-refractivity contribution in [2.24, 2.45) is 5.92 Å². The number of carbonyl (C=O) groups excluding carboxylic acids is 4. The molecule has 594 valence electrons. The second kappa shape index (κ2) is 73.9. The third kappa shape index (κ3) is 73.0. The average molecular weight is 1470 g/mol. The van der Waals surface area contributed by atoms with Gasteiger partial charge in [-0.1, -0.05) is 381 Å². The van der Waals surface area contributed by atoms with Gasteiger partial charge in [-0.05, 0) is 31.6 Å². The lowest BCUT2D eigenvalue weighted by Crippen LogP contribution is -2.30. The maximum atomic E-state index is 13.1. The van der Waals surface area contributed by atoms with Crippen LogP contribution in [0.15, 0.2) is 0 Å². The van der Waals surface area contributed by atoms with Crippen LogP contribution in [0, 0.1) is 5.92 Å². The summed E-state index contributed by atoms with van der Waals surface area (Å²) in [6.07, 6.45) is 65.0. The lowest BCUT2D eigenvalue weighted by atomic mass is 9.99. The SMILES string of the molecule is CCCCCCCCCCCCCCCCCCCCCC(=O)O[C@H](COC(=O)CCCCCCCCCCCCCCCCCC)COP(=O)(O)OC[C@@H](O)COP(=O)(O)OC[C@@H](COC(=O)CCCCCCCCCCCCC)OC(=O)CCCCCCCCCCCCC(C)CC. The molecule has 0 saturated carbocycles. The van der Waals surface area contributed by atoms with Crippen LogP contribution in [0.25, 0.3) is 0 Å². The molecule has 0 aromatic heterocycles. The van der Waals surface area contributed by atoms with Gasteiger partial charge in [0.2, 0.25) is 0 Å². The van der Waals surface area contributed by atoms with Crippen LogP contribution in [-0.2, 0) is 65.4 Å². The molecule has 0 heterocycles. The fourth-order valence-corrected chi connectivity index (χ4v) is 14.1. The van der Waals surface area contributed by atoms with Crippen molar-refractivity contribution in [3.05, 3.63) is 0 Å². The van der Waals surface area contributed by atoms with Crippen molar-refractivity contribution in [2.45, 2.75) is 451 Å². The molecule has 0 saturated heterocycles. The van der Waals surface area contributed by atoms with E-state index in [1.54, 1.807) is 0 Å². The van der Waals surface area contributed by atoms with Gasteiger partial charge in [-0.25, -0.2) is 9.13 Å². The number of esters is 4. The smallest absolute Gasteiger partial charge is 0.462 e. The van der Waals surface area contributed by atoms with Crippen LogP contribution in [0.4, 0.5) is 0 Å². The van der Waals surface area contributed by atoms with Crippen LogP contribution in [0.2, 0.25) is 0 Å². The normalized spacial score (nSPS) is 14.1. The molecule has 6 atom stereocenters. The first kappa shape index (κ1) is 98.1. The zero-order valence-corrected chi connectivity index (χ0v) is 67.1. The van der Waals surface area contributed by atoms with Crippen molar-refractivity contribution in [3.63, 3.8) is 0 Å². The third-order valence-corrected chi connectivity index (χ3v) is 21.3. The van der Waals surface area contributed by atoms with E-state index in [9.17, 15) is 43.2 Å². The van der Waals surface area contributed by atoms with Crippen molar-refractivity contribution in [2.75, 3.05) is 39.6 Å². The second-order valence-corrected chi connectivity index (χ2v) is 32.3. The summed E-state index contributed by atoms with van der Waals surface area (Å²) in [7, 11) is -9.92. The number of aliphatic hydroxyl groups is 1. The van der Waals surface area contributed by atoms with E-state index < -0.39 is 97.5 Å². The van der Waals surface area contributed by atoms with Crippen molar-refractivity contribution < 1.29 is 80.2 Å². The zero-order chi connectivity index (χ0) is 73.4. The predicted molar refractivity (Wildman–Crippen MR) is 409 cm³/mol. The highest BCUT2D eigenvalue weighted by Gasteiger charge is 2.30. The molecule has 0 aromatic rings. The van der Waals surface area contributed by atoms with Crippen LogP contribution >= 0.6 is 15.6 Å². The molecule has 0 aliphatic rings. The monoisotopic (exact) mass is 1470 g/mol. The van der Waals surface area contributed by atoms with Gasteiger partial charge in [0.1, 0.15) is 19.3 Å². The standard InChI is InChI=1S/C81H158O17P2/c1-6-10-13-16-19-22-25-27-29-31-32-33-35-37-40-46-51-56-61-66-80(85)97-76(71-92-79(84)65-60-55-50-45-39-36-34-30-28-26-23-20-17-14-11-7-2)72-95-99(87,88)93-68-75(82)69-94-100(89,90)96-73-77(70-91-78(83)64-59-54-49-44-38-24-21-18-15-12-8-3)98-81(86)67-62-57-52-47-42-41-43-48-53-58-63-74(5)9-4/h74-77,82H,6-73H2,1-5H3,(H,87,88)(H,89,90)/t74?,75-,76-,77-/m1/s1. The summed E-state index contributed by atoms with van der Waals surface area (Å²) in [6, 6.07) is 0. The van der Waals surface area contributed by atoms with Gasteiger partial charge in [0.25, 0.3) is 0 Å². The molecule has 0 fully saturated rings. The summed E-state index contributed by atoms with van der Waals surface area (Å²) in [5, 5.41) is 10.6. The van der Waals surface area contributed by atoms with Crippen molar-refractivity contribution >= 4 is 39.5 Å². The van der Waals surface area contributed by atoms with Crippen molar-refractivity contribution in [1.29, 1.82) is 0 Å². The highest BCUT2D eigenvalue weighted by atomic mass is 31.2. The van der Waals surface area contributed by atoms with Crippen LogP contribution in [0.1, 0.15) is 433 Å². The Bertz CT molecular complexity index is 1910. The average Bonchev–Trinajstić information content (AvgIpc) is 1.16. The van der Waals surface area contributed by atoms with E-state index in [0.29, 0.717) is 25.7 Å². The Kier molecular flexibility index (Phi) is 72.5. The van der Waals surface area contributed by atoms with Gasteiger partial charge >= 0.3 is 39.5 Å². The van der Waals surface area contributed by atoms with Crippen LogP contribution in [-0.4, -0.2) is 96.7 Å². The molecule has 0 rings (SSSR count). The van der Waals surface area contributed by atoms with Gasteiger partial charge in [-0.15, -0.1) is 0 Å². The number of hydrogen-bond acceptors (Lipinski definition) is 15. The second-order valence-electron chi connectivity index (χ2n) is 29.4. The first-order valence-electron chi connectivity index (χ1n) is 42.2. The Morgan fingerprint density at radius 3 is 0.710 bits per heavy atom. The number of carbonyl (C=O) groups is 4. The molecular weight excluding hydrogens is 1310 g/mol. The van der Waals surface area contributed by atoms with E-state index in [1.165, 1.54) is 257 Å².